The molecule has 2 fully saturated rings. The van der Waals surface area contributed by atoms with Crippen molar-refractivity contribution in [2.45, 2.75) is 24.5 Å². The third-order valence-corrected chi connectivity index (χ3v) is 7.18. The van der Waals surface area contributed by atoms with Gasteiger partial charge in [0.15, 0.2) is 23.3 Å². The summed E-state index contributed by atoms with van der Waals surface area (Å²) in [7, 11) is 4.02. The normalized spacial score (nSPS) is 32.5. The van der Waals surface area contributed by atoms with E-state index in [2.05, 4.69) is 4.74 Å². The van der Waals surface area contributed by atoms with Crippen molar-refractivity contribution in [1.82, 2.24) is 4.90 Å². The molecule has 3 unspecified atom stereocenters. The molecule has 0 aliphatic heterocycles. The molecule has 1 aromatic carbocycles. The molecule has 0 bridgehead atoms. The Hall–Kier alpha value is -3.60. The lowest BCUT2D eigenvalue weighted by Gasteiger charge is -2.53. The van der Waals surface area contributed by atoms with E-state index in [4.69, 9.17) is 10.5 Å². The number of fused-ring (bicyclic) bond motifs is 3. The van der Waals surface area contributed by atoms with Gasteiger partial charge in [-0.25, -0.2) is 4.79 Å². The van der Waals surface area contributed by atoms with Gasteiger partial charge in [0.2, 0.25) is 17.3 Å². The first-order chi connectivity index (χ1) is 16.0. The number of methoxy groups -OCH3 is 1. The zero-order valence-corrected chi connectivity index (χ0v) is 18.8. The molecular formula is C23H24N2O9. The van der Waals surface area contributed by atoms with Crippen LogP contribution in [-0.4, -0.2) is 78.0 Å². The Morgan fingerprint density at radius 1 is 1.15 bits per heavy atom. The summed E-state index contributed by atoms with van der Waals surface area (Å²) < 4.78 is 9.86. The van der Waals surface area contributed by atoms with Gasteiger partial charge >= 0.3 is 6.16 Å². The molecule has 2 saturated carbocycles. The van der Waals surface area contributed by atoms with E-state index in [1.807, 2.05) is 0 Å². The first-order valence-corrected chi connectivity index (χ1v) is 10.7. The number of carbonyl (C=O) groups is 6. The number of rotatable bonds is 3. The largest absolute Gasteiger partial charge is 0.509 e. The number of Topliss-reactive ketones (excluding diaryl/α,β-unsaturated/α-hetero) is 4. The zero-order valence-electron chi connectivity index (χ0n) is 18.8. The molecule has 6 atom stereocenters. The van der Waals surface area contributed by atoms with E-state index in [-0.39, 0.29) is 24.2 Å². The van der Waals surface area contributed by atoms with Crippen LogP contribution >= 0.6 is 0 Å². The number of phenolic OH excluding ortho intramolecular Hbond substituents is 1. The molecule has 3 N–H and O–H groups in total. The highest BCUT2D eigenvalue weighted by Crippen LogP contribution is 2.52. The van der Waals surface area contributed by atoms with E-state index in [1.54, 1.807) is 12.1 Å². The van der Waals surface area contributed by atoms with Gasteiger partial charge in [-0.3, -0.25) is 28.9 Å². The Kier molecular flexibility index (Phi) is 5.55. The SMILES string of the molecule is COC(=O)OC12C(=O)C(C(N)=O)C(=O)[C@@H](N(C)C)[C@@H]1C[C@@H]1Cc3cccc(O)c3C(=O)C1C2=O. The standard InChI is InChI=1S/C23H24N2O9/c1-25(2)16-11-8-10-7-9-5-4-6-12(26)13(9)17(27)14(10)19(29)23(11,34-22(32)33-3)20(30)15(18(16)28)21(24)31/h4-6,10-11,14-16,26H,7-8H2,1-3H3,(H2,24,31)/t10-,11-,14?,15?,16-,23?/m0/s1. The van der Waals surface area contributed by atoms with Crippen LogP contribution in [0.4, 0.5) is 4.79 Å². The number of benzene rings is 1. The molecular weight excluding hydrogens is 448 g/mol. The Labute approximate surface area is 194 Å². The molecule has 0 spiro atoms. The van der Waals surface area contributed by atoms with Crippen LogP contribution in [0.25, 0.3) is 0 Å². The van der Waals surface area contributed by atoms with Crippen molar-refractivity contribution in [2.75, 3.05) is 21.2 Å². The number of nitrogens with zero attached hydrogens (tertiary/aromatic N) is 1. The number of aromatic hydroxyl groups is 1. The lowest BCUT2D eigenvalue weighted by atomic mass is 9.52. The minimum absolute atomic E-state index is 0.0138. The zero-order chi connectivity index (χ0) is 25.1. The van der Waals surface area contributed by atoms with Gasteiger partial charge in [0.05, 0.1) is 24.6 Å². The second-order valence-electron chi connectivity index (χ2n) is 9.13. The highest BCUT2D eigenvalue weighted by molar-refractivity contribution is 6.33. The molecule has 11 heteroatoms. The van der Waals surface area contributed by atoms with Crippen molar-refractivity contribution in [3.63, 3.8) is 0 Å². The van der Waals surface area contributed by atoms with Gasteiger partial charge in [0.25, 0.3) is 0 Å². The van der Waals surface area contributed by atoms with Crippen molar-refractivity contribution in [2.24, 2.45) is 29.4 Å². The van der Waals surface area contributed by atoms with Crippen molar-refractivity contribution < 1.29 is 43.3 Å². The Balaban J connectivity index is 1.95. The van der Waals surface area contributed by atoms with Crippen LogP contribution in [0.3, 0.4) is 0 Å². The van der Waals surface area contributed by atoms with Crippen molar-refractivity contribution >= 4 is 35.2 Å². The lowest BCUT2D eigenvalue weighted by Crippen LogP contribution is -2.75. The number of primary amides is 1. The number of phenols is 1. The van der Waals surface area contributed by atoms with E-state index in [1.165, 1.54) is 25.1 Å². The number of nitrogens with two attached hydrogens (primary N) is 1. The first-order valence-electron chi connectivity index (χ1n) is 10.7. The average molecular weight is 472 g/mol. The van der Waals surface area contributed by atoms with Crippen molar-refractivity contribution in [1.29, 1.82) is 0 Å². The number of ether oxygens (including phenoxy) is 2. The molecule has 0 saturated heterocycles. The topological polar surface area (TPSA) is 170 Å². The molecule has 180 valence electrons. The monoisotopic (exact) mass is 472 g/mol. The maximum atomic E-state index is 14.0. The van der Waals surface area contributed by atoms with Gasteiger partial charge in [0.1, 0.15) is 5.75 Å². The highest BCUT2D eigenvalue weighted by Gasteiger charge is 2.72. The molecule has 3 aliphatic carbocycles. The third kappa shape index (κ3) is 3.07. The maximum absolute atomic E-state index is 14.0. The maximum Gasteiger partial charge on any atom is 0.509 e. The Morgan fingerprint density at radius 3 is 2.41 bits per heavy atom. The van der Waals surface area contributed by atoms with Crippen molar-refractivity contribution in [3.05, 3.63) is 29.3 Å². The predicted octanol–water partition coefficient (Wildman–Crippen LogP) is -0.342. The fourth-order valence-electron chi connectivity index (χ4n) is 5.87. The molecule has 4 rings (SSSR count). The summed E-state index contributed by atoms with van der Waals surface area (Å²) in [4.78, 5) is 80.1. The van der Waals surface area contributed by atoms with E-state index in [0.29, 0.717) is 5.56 Å². The highest BCUT2D eigenvalue weighted by atomic mass is 16.7. The summed E-state index contributed by atoms with van der Waals surface area (Å²) in [6.45, 7) is 0. The molecule has 34 heavy (non-hydrogen) atoms. The number of hydrogen-bond acceptors (Lipinski definition) is 10. The predicted molar refractivity (Wildman–Crippen MR) is 113 cm³/mol. The summed E-state index contributed by atoms with van der Waals surface area (Å²) >= 11 is 0. The molecule has 0 heterocycles. The average Bonchev–Trinajstić information content (AvgIpc) is 2.74. The first kappa shape index (κ1) is 23.6. The summed E-state index contributed by atoms with van der Waals surface area (Å²) in [6, 6.07) is 3.36. The van der Waals surface area contributed by atoms with E-state index >= 15 is 0 Å². The number of hydrogen-bond donors (Lipinski definition) is 2. The van der Waals surface area contributed by atoms with Crippen LogP contribution < -0.4 is 5.73 Å². The fraction of sp³-hybridized carbons (Fsp3) is 0.478. The number of likely N-dealkylation sites (N-methyl/N-ethyl adjacent to an activating group) is 1. The quantitative estimate of drug-likeness (QED) is 0.438. The van der Waals surface area contributed by atoms with Gasteiger partial charge < -0.3 is 20.3 Å². The van der Waals surface area contributed by atoms with Crippen LogP contribution in [0.5, 0.6) is 5.75 Å². The third-order valence-electron chi connectivity index (χ3n) is 7.18. The van der Waals surface area contributed by atoms with Crippen LogP contribution in [0, 0.1) is 23.7 Å². The molecule has 1 amide bonds. The molecule has 1 aromatic rings. The summed E-state index contributed by atoms with van der Waals surface area (Å²) in [5, 5.41) is 10.3. The van der Waals surface area contributed by atoms with Crippen LogP contribution in [-0.2, 0) is 35.1 Å². The van der Waals surface area contributed by atoms with Crippen LogP contribution in [0.1, 0.15) is 22.3 Å². The minimum atomic E-state index is -2.63. The van der Waals surface area contributed by atoms with E-state index in [0.717, 1.165) is 7.11 Å². The summed E-state index contributed by atoms with van der Waals surface area (Å²) in [6.07, 6.45) is -1.18. The molecule has 3 aliphatic rings. The van der Waals surface area contributed by atoms with Gasteiger partial charge in [-0.1, -0.05) is 12.1 Å². The smallest absolute Gasteiger partial charge is 0.507 e. The Bertz CT molecular complexity index is 1140. The second kappa shape index (κ2) is 8.01. The van der Waals surface area contributed by atoms with E-state index in [9.17, 15) is 33.9 Å². The van der Waals surface area contributed by atoms with E-state index < -0.39 is 70.5 Å². The minimum Gasteiger partial charge on any atom is -0.507 e. The number of amides is 1. The lowest BCUT2D eigenvalue weighted by molar-refractivity contribution is -0.184. The van der Waals surface area contributed by atoms with Crippen LogP contribution in [0.15, 0.2) is 18.2 Å². The summed E-state index contributed by atoms with van der Waals surface area (Å²) in [5.74, 6) is -10.7. The Morgan fingerprint density at radius 2 is 1.82 bits per heavy atom. The summed E-state index contributed by atoms with van der Waals surface area (Å²) in [5.41, 5.74) is 3.22. The van der Waals surface area contributed by atoms with Gasteiger partial charge in [-0.2, -0.15) is 0 Å². The van der Waals surface area contributed by atoms with Crippen LogP contribution in [0.2, 0.25) is 0 Å². The number of carbonyl (C=O) groups excluding carboxylic acids is 6. The fourth-order valence-corrected chi connectivity index (χ4v) is 5.87. The van der Waals surface area contributed by atoms with Gasteiger partial charge in [-0.05, 0) is 44.5 Å². The molecule has 0 radical (unpaired) electrons. The molecule has 0 aromatic heterocycles. The molecule has 11 nitrogen and oxygen atoms in total. The number of ketones is 4. The van der Waals surface area contributed by atoms with Gasteiger partial charge in [0, 0.05) is 5.92 Å². The second-order valence-corrected chi connectivity index (χ2v) is 9.13. The van der Waals surface area contributed by atoms with Crippen molar-refractivity contribution in [3.8, 4) is 5.75 Å². The van der Waals surface area contributed by atoms with Gasteiger partial charge in [-0.15, -0.1) is 0 Å².